The van der Waals surface area contributed by atoms with Gasteiger partial charge in [0.15, 0.2) is 5.16 Å². The average Bonchev–Trinajstić information content (AvgIpc) is 3.15. The molecular weight excluding hydrogens is 452 g/mol. The van der Waals surface area contributed by atoms with Crippen molar-refractivity contribution in [1.29, 1.82) is 0 Å². The highest BCUT2D eigenvalue weighted by Gasteiger charge is 2.19. The van der Waals surface area contributed by atoms with E-state index < -0.39 is 4.92 Å². The number of non-ortho nitro benzene ring substituents is 1. The number of hydrogen-bond acceptors (Lipinski definition) is 6. The molecule has 3 aromatic carbocycles. The highest BCUT2D eigenvalue weighted by Crippen LogP contribution is 2.33. The molecule has 0 aliphatic carbocycles. The lowest BCUT2D eigenvalue weighted by atomic mass is 10.2. The molecule has 0 atom stereocenters. The molecule has 4 aromatic rings. The standard InChI is InChI=1S/C22H17ClN4O4S/c1-31-20-8-3-2-7-19(20)26-18-10-9-16(27(29)30)12-17(18)25-22(26)32-13-21(28)24-15-6-4-5-14(23)11-15/h2-12H,13H2,1H3,(H,24,28). The number of anilines is 1. The number of amides is 1. The van der Waals surface area contributed by atoms with Crippen LogP contribution >= 0.6 is 23.4 Å². The van der Waals surface area contributed by atoms with Crippen LogP contribution in [-0.4, -0.2) is 33.2 Å². The maximum atomic E-state index is 12.5. The predicted octanol–water partition coefficient (Wildman–Crippen LogP) is 5.33. The van der Waals surface area contributed by atoms with Gasteiger partial charge in [-0.25, -0.2) is 4.98 Å². The minimum absolute atomic E-state index is 0.0579. The van der Waals surface area contributed by atoms with Crippen molar-refractivity contribution < 1.29 is 14.5 Å². The van der Waals surface area contributed by atoms with E-state index in [1.807, 2.05) is 28.8 Å². The van der Waals surface area contributed by atoms with Crippen molar-refractivity contribution in [3.63, 3.8) is 0 Å². The van der Waals surface area contributed by atoms with Crippen LogP contribution in [0.2, 0.25) is 5.02 Å². The molecule has 4 rings (SSSR count). The van der Waals surface area contributed by atoms with Gasteiger partial charge >= 0.3 is 0 Å². The molecular formula is C22H17ClN4O4S. The molecule has 1 amide bonds. The average molecular weight is 469 g/mol. The van der Waals surface area contributed by atoms with Crippen molar-refractivity contribution in [3.05, 3.63) is 81.9 Å². The number of nitro groups is 1. The van der Waals surface area contributed by atoms with E-state index in [4.69, 9.17) is 16.3 Å². The fourth-order valence-corrected chi connectivity index (χ4v) is 4.21. The number of para-hydroxylation sites is 2. The predicted molar refractivity (Wildman–Crippen MR) is 125 cm³/mol. The van der Waals surface area contributed by atoms with Crippen LogP contribution < -0.4 is 10.1 Å². The Kier molecular flexibility index (Phi) is 6.29. The molecule has 0 bridgehead atoms. The number of imidazole rings is 1. The van der Waals surface area contributed by atoms with E-state index in [1.165, 1.54) is 23.9 Å². The van der Waals surface area contributed by atoms with E-state index >= 15 is 0 Å². The molecule has 32 heavy (non-hydrogen) atoms. The van der Waals surface area contributed by atoms with Crippen molar-refractivity contribution in [2.45, 2.75) is 5.16 Å². The molecule has 0 saturated carbocycles. The first-order chi connectivity index (χ1) is 15.5. The zero-order valence-corrected chi connectivity index (χ0v) is 18.4. The summed E-state index contributed by atoms with van der Waals surface area (Å²) >= 11 is 7.18. The number of benzene rings is 3. The Hall–Kier alpha value is -3.56. The van der Waals surface area contributed by atoms with Gasteiger partial charge in [-0.2, -0.15) is 0 Å². The van der Waals surface area contributed by atoms with Gasteiger partial charge in [0.05, 0.1) is 34.5 Å². The number of nitro benzene ring substituents is 1. The number of hydrogen-bond donors (Lipinski definition) is 1. The minimum Gasteiger partial charge on any atom is -0.495 e. The molecule has 1 heterocycles. The van der Waals surface area contributed by atoms with Gasteiger partial charge in [0.25, 0.3) is 5.69 Å². The number of ether oxygens (including phenoxy) is 1. The van der Waals surface area contributed by atoms with E-state index in [-0.39, 0.29) is 17.3 Å². The fraction of sp³-hybridized carbons (Fsp3) is 0.0909. The van der Waals surface area contributed by atoms with Crippen LogP contribution in [0.25, 0.3) is 16.7 Å². The Morgan fingerprint density at radius 1 is 1.19 bits per heavy atom. The van der Waals surface area contributed by atoms with Crippen LogP contribution in [-0.2, 0) is 4.79 Å². The van der Waals surface area contributed by atoms with Gasteiger partial charge in [0.2, 0.25) is 5.91 Å². The molecule has 0 saturated heterocycles. The molecule has 0 aliphatic heterocycles. The molecule has 0 fully saturated rings. The summed E-state index contributed by atoms with van der Waals surface area (Å²) in [5, 5.41) is 15.0. The highest BCUT2D eigenvalue weighted by molar-refractivity contribution is 7.99. The largest absolute Gasteiger partial charge is 0.495 e. The summed E-state index contributed by atoms with van der Waals surface area (Å²) in [7, 11) is 1.56. The lowest BCUT2D eigenvalue weighted by Crippen LogP contribution is -2.14. The Bertz CT molecular complexity index is 1320. The summed E-state index contributed by atoms with van der Waals surface area (Å²) in [5.41, 5.74) is 2.36. The zero-order valence-electron chi connectivity index (χ0n) is 16.8. The summed E-state index contributed by atoms with van der Waals surface area (Å²) in [6, 6.07) is 18.7. The molecule has 162 valence electrons. The third-order valence-electron chi connectivity index (χ3n) is 4.58. The zero-order chi connectivity index (χ0) is 22.7. The van der Waals surface area contributed by atoms with Gasteiger partial charge in [-0.1, -0.05) is 41.6 Å². The second-order valence-electron chi connectivity index (χ2n) is 6.68. The molecule has 8 nitrogen and oxygen atoms in total. The molecule has 0 spiro atoms. The number of halogens is 1. The van der Waals surface area contributed by atoms with Gasteiger partial charge in [-0.05, 0) is 36.4 Å². The third kappa shape index (κ3) is 4.53. The summed E-state index contributed by atoms with van der Waals surface area (Å²) in [6.45, 7) is 0. The number of thioether (sulfide) groups is 1. The van der Waals surface area contributed by atoms with Crippen LogP contribution in [0.15, 0.2) is 71.9 Å². The number of methoxy groups -OCH3 is 1. The lowest BCUT2D eigenvalue weighted by molar-refractivity contribution is -0.384. The highest BCUT2D eigenvalue weighted by atomic mass is 35.5. The summed E-state index contributed by atoms with van der Waals surface area (Å²) in [4.78, 5) is 27.8. The SMILES string of the molecule is COc1ccccc1-n1c(SCC(=O)Nc2cccc(Cl)c2)nc2cc([N+](=O)[O-])ccc21. The Morgan fingerprint density at radius 3 is 2.75 bits per heavy atom. The first-order valence-corrected chi connectivity index (χ1v) is 10.8. The van der Waals surface area contributed by atoms with Crippen molar-refractivity contribution in [1.82, 2.24) is 9.55 Å². The minimum atomic E-state index is -0.465. The Labute approximate surface area is 192 Å². The summed E-state index contributed by atoms with van der Waals surface area (Å²) in [5.74, 6) is 0.449. The number of rotatable bonds is 7. The number of carbonyl (C=O) groups is 1. The number of carbonyl (C=O) groups excluding carboxylic acids is 1. The lowest BCUT2D eigenvalue weighted by Gasteiger charge is -2.13. The van der Waals surface area contributed by atoms with Gasteiger partial charge < -0.3 is 10.1 Å². The van der Waals surface area contributed by atoms with Gasteiger partial charge in [-0.15, -0.1) is 0 Å². The van der Waals surface area contributed by atoms with Gasteiger partial charge in [-0.3, -0.25) is 19.5 Å². The topological polar surface area (TPSA) is 99.3 Å². The fourth-order valence-electron chi connectivity index (χ4n) is 3.20. The van der Waals surface area contributed by atoms with Gasteiger partial charge in [0, 0.05) is 22.8 Å². The van der Waals surface area contributed by atoms with E-state index in [0.717, 1.165) is 0 Å². The summed E-state index contributed by atoms with van der Waals surface area (Å²) in [6.07, 6.45) is 0. The van der Waals surface area contributed by atoms with Crippen LogP contribution in [0.5, 0.6) is 5.75 Å². The van der Waals surface area contributed by atoms with E-state index in [1.54, 1.807) is 37.4 Å². The second kappa shape index (κ2) is 9.29. The maximum absolute atomic E-state index is 12.5. The molecule has 10 heteroatoms. The molecule has 1 aromatic heterocycles. The van der Waals surface area contributed by atoms with Crippen molar-refractivity contribution in [2.24, 2.45) is 0 Å². The number of nitrogens with zero attached hydrogens (tertiary/aromatic N) is 3. The normalized spacial score (nSPS) is 10.8. The van der Waals surface area contributed by atoms with Gasteiger partial charge in [0.1, 0.15) is 5.75 Å². The first kappa shape index (κ1) is 21.7. The van der Waals surface area contributed by atoms with Crippen molar-refractivity contribution in [2.75, 3.05) is 18.2 Å². The Morgan fingerprint density at radius 2 is 2.00 bits per heavy atom. The van der Waals surface area contributed by atoms with E-state index in [2.05, 4.69) is 10.3 Å². The maximum Gasteiger partial charge on any atom is 0.271 e. The second-order valence-corrected chi connectivity index (χ2v) is 8.06. The van der Waals surface area contributed by atoms with Crippen LogP contribution in [0.3, 0.4) is 0 Å². The molecule has 0 unspecified atom stereocenters. The van der Waals surface area contributed by atoms with Crippen molar-refractivity contribution in [3.8, 4) is 11.4 Å². The number of nitrogens with one attached hydrogen (secondary N) is 1. The van der Waals surface area contributed by atoms with Crippen LogP contribution in [0.4, 0.5) is 11.4 Å². The van der Waals surface area contributed by atoms with Crippen LogP contribution in [0.1, 0.15) is 0 Å². The van der Waals surface area contributed by atoms with Crippen LogP contribution in [0, 0.1) is 10.1 Å². The third-order valence-corrected chi connectivity index (χ3v) is 5.76. The first-order valence-electron chi connectivity index (χ1n) is 9.45. The number of fused-ring (bicyclic) bond motifs is 1. The smallest absolute Gasteiger partial charge is 0.271 e. The van der Waals surface area contributed by atoms with Crippen molar-refractivity contribution >= 4 is 51.7 Å². The van der Waals surface area contributed by atoms with E-state index in [9.17, 15) is 14.9 Å². The quantitative estimate of drug-likeness (QED) is 0.223. The molecule has 1 N–H and O–H groups in total. The monoisotopic (exact) mass is 468 g/mol. The molecule has 0 aliphatic rings. The van der Waals surface area contributed by atoms with E-state index in [0.29, 0.717) is 38.3 Å². The number of aromatic nitrogens is 2. The Balaban J connectivity index is 1.69. The summed E-state index contributed by atoms with van der Waals surface area (Å²) < 4.78 is 7.32. The molecule has 0 radical (unpaired) electrons.